The van der Waals surface area contributed by atoms with Crippen molar-refractivity contribution in [2.24, 2.45) is 0 Å². The average molecular weight is 258 g/mol. The Morgan fingerprint density at radius 2 is 2.11 bits per heavy atom. The quantitative estimate of drug-likeness (QED) is 0.904. The maximum Gasteiger partial charge on any atom is 0.218 e. The summed E-state index contributed by atoms with van der Waals surface area (Å²) in [7, 11) is 0. The van der Waals surface area contributed by atoms with E-state index >= 15 is 0 Å². The van der Waals surface area contributed by atoms with Gasteiger partial charge in [-0.1, -0.05) is 30.3 Å². The van der Waals surface area contributed by atoms with Crippen LogP contribution in [0.15, 0.2) is 30.3 Å². The van der Waals surface area contributed by atoms with Gasteiger partial charge in [0, 0.05) is 19.5 Å². The van der Waals surface area contributed by atoms with E-state index in [2.05, 4.69) is 40.5 Å². The number of rotatable bonds is 3. The average Bonchev–Trinajstić information content (AvgIpc) is 2.59. The Labute approximate surface area is 115 Å². The normalized spacial score (nSPS) is 30.3. The Bertz CT molecular complexity index is 455. The molecule has 2 fully saturated rings. The summed E-state index contributed by atoms with van der Waals surface area (Å²) in [5.74, 6) is 0.0978. The second kappa shape index (κ2) is 4.97. The molecule has 3 heteroatoms. The number of benzene rings is 1. The molecule has 102 valence electrons. The molecule has 1 aromatic carbocycles. The van der Waals surface area contributed by atoms with E-state index in [4.69, 9.17) is 0 Å². The second-order valence-corrected chi connectivity index (χ2v) is 5.91. The van der Waals surface area contributed by atoms with Gasteiger partial charge in [-0.05, 0) is 37.7 Å². The lowest BCUT2D eigenvalue weighted by atomic mass is 9.95. The molecule has 0 radical (unpaired) electrons. The van der Waals surface area contributed by atoms with Crippen LogP contribution in [0.5, 0.6) is 0 Å². The van der Waals surface area contributed by atoms with Gasteiger partial charge in [-0.15, -0.1) is 0 Å². The van der Waals surface area contributed by atoms with Crippen molar-refractivity contribution in [2.45, 2.75) is 57.3 Å². The number of amides is 1. The van der Waals surface area contributed by atoms with E-state index in [1.54, 1.807) is 6.92 Å². The summed E-state index contributed by atoms with van der Waals surface area (Å²) in [6.45, 7) is 2.59. The fourth-order valence-corrected chi connectivity index (χ4v) is 3.84. The predicted octanol–water partition coefficient (Wildman–Crippen LogP) is 2.67. The van der Waals surface area contributed by atoms with Crippen molar-refractivity contribution >= 4 is 5.91 Å². The molecule has 1 N–H and O–H groups in total. The lowest BCUT2D eigenvalue weighted by Gasteiger charge is -2.45. The molecule has 1 amide bonds. The Kier molecular flexibility index (Phi) is 3.31. The van der Waals surface area contributed by atoms with Gasteiger partial charge in [0.25, 0.3) is 0 Å². The first-order chi connectivity index (χ1) is 9.20. The largest absolute Gasteiger partial charge is 0.338 e. The van der Waals surface area contributed by atoms with Gasteiger partial charge < -0.3 is 5.32 Å². The number of nitrogens with one attached hydrogen (secondary N) is 1. The number of hydrogen-bond donors (Lipinski definition) is 1. The summed E-state index contributed by atoms with van der Waals surface area (Å²) >= 11 is 0. The van der Waals surface area contributed by atoms with E-state index in [0.717, 1.165) is 19.4 Å². The second-order valence-electron chi connectivity index (χ2n) is 5.91. The van der Waals surface area contributed by atoms with E-state index in [1.165, 1.54) is 24.8 Å². The van der Waals surface area contributed by atoms with E-state index in [0.29, 0.717) is 6.04 Å². The first-order valence-corrected chi connectivity index (χ1v) is 7.29. The van der Waals surface area contributed by atoms with Gasteiger partial charge in [0.2, 0.25) is 5.91 Å². The summed E-state index contributed by atoms with van der Waals surface area (Å²) in [4.78, 5) is 14.1. The van der Waals surface area contributed by atoms with Crippen LogP contribution in [0.2, 0.25) is 0 Å². The van der Waals surface area contributed by atoms with Crippen LogP contribution in [-0.4, -0.2) is 22.5 Å². The van der Waals surface area contributed by atoms with Crippen LogP contribution < -0.4 is 5.32 Å². The molecule has 3 nitrogen and oxygen atoms in total. The molecule has 3 rings (SSSR count). The number of hydrogen-bond acceptors (Lipinski definition) is 2. The minimum absolute atomic E-state index is 0.0788. The molecule has 2 aliphatic rings. The van der Waals surface area contributed by atoms with Crippen LogP contribution in [0.25, 0.3) is 0 Å². The number of carbonyl (C=O) groups excluding carboxylic acids is 1. The predicted molar refractivity (Wildman–Crippen MR) is 75.4 cm³/mol. The highest BCUT2D eigenvalue weighted by atomic mass is 16.1. The Morgan fingerprint density at radius 1 is 1.32 bits per heavy atom. The molecule has 0 saturated carbocycles. The highest BCUT2D eigenvalue weighted by molar-refractivity contribution is 5.73. The molecule has 2 unspecified atom stereocenters. The third-order valence-electron chi connectivity index (χ3n) is 4.61. The van der Waals surface area contributed by atoms with Crippen LogP contribution in [0.1, 0.15) is 44.6 Å². The smallest absolute Gasteiger partial charge is 0.218 e. The van der Waals surface area contributed by atoms with Gasteiger partial charge in [0.1, 0.15) is 0 Å². The van der Waals surface area contributed by atoms with Crippen LogP contribution in [-0.2, 0) is 11.3 Å². The van der Waals surface area contributed by atoms with Crippen molar-refractivity contribution in [3.05, 3.63) is 35.9 Å². The minimum Gasteiger partial charge on any atom is -0.338 e. The standard InChI is InChI=1S/C16H22N2O/c1-13(19)17-16-10-5-8-15(9-11-16)18(16)12-14-6-3-2-4-7-14/h2-4,6-7,15H,5,8-12H2,1H3,(H,17,19). The van der Waals surface area contributed by atoms with Gasteiger partial charge in [0.15, 0.2) is 0 Å². The zero-order valence-corrected chi connectivity index (χ0v) is 11.6. The van der Waals surface area contributed by atoms with Crippen molar-refractivity contribution in [3.8, 4) is 0 Å². The van der Waals surface area contributed by atoms with E-state index in [9.17, 15) is 4.79 Å². The van der Waals surface area contributed by atoms with Gasteiger partial charge >= 0.3 is 0 Å². The van der Waals surface area contributed by atoms with Gasteiger partial charge in [0.05, 0.1) is 5.66 Å². The lowest BCUT2D eigenvalue weighted by molar-refractivity contribution is -0.124. The summed E-state index contributed by atoms with van der Waals surface area (Å²) < 4.78 is 0. The van der Waals surface area contributed by atoms with Crippen molar-refractivity contribution in [3.63, 3.8) is 0 Å². The van der Waals surface area contributed by atoms with E-state index in [1.807, 2.05) is 0 Å². The maximum atomic E-state index is 11.6. The highest BCUT2D eigenvalue weighted by Gasteiger charge is 2.48. The van der Waals surface area contributed by atoms with E-state index < -0.39 is 0 Å². The van der Waals surface area contributed by atoms with Crippen LogP contribution in [0, 0.1) is 0 Å². The highest BCUT2D eigenvalue weighted by Crippen LogP contribution is 2.43. The van der Waals surface area contributed by atoms with E-state index in [-0.39, 0.29) is 11.6 Å². The molecule has 0 aliphatic carbocycles. The first-order valence-electron chi connectivity index (χ1n) is 7.29. The SMILES string of the molecule is CC(=O)NC12CCCC(CC1)N2Cc1ccccc1. The summed E-state index contributed by atoms with van der Waals surface area (Å²) in [5, 5.41) is 3.24. The molecule has 2 atom stereocenters. The molecular formula is C16H22N2O. The van der Waals surface area contributed by atoms with Gasteiger partial charge in [-0.2, -0.15) is 0 Å². The van der Waals surface area contributed by atoms with Crippen molar-refractivity contribution in [2.75, 3.05) is 0 Å². The van der Waals surface area contributed by atoms with Gasteiger partial charge in [-0.25, -0.2) is 0 Å². The summed E-state index contributed by atoms with van der Waals surface area (Å²) in [5.41, 5.74) is 1.26. The molecule has 19 heavy (non-hydrogen) atoms. The maximum absolute atomic E-state index is 11.6. The number of piperidine rings is 1. The van der Waals surface area contributed by atoms with Crippen LogP contribution >= 0.6 is 0 Å². The molecule has 2 saturated heterocycles. The number of nitrogens with zero attached hydrogens (tertiary/aromatic N) is 1. The van der Waals surface area contributed by atoms with Crippen molar-refractivity contribution < 1.29 is 4.79 Å². The molecule has 2 heterocycles. The summed E-state index contributed by atoms with van der Waals surface area (Å²) in [6.07, 6.45) is 5.91. The van der Waals surface area contributed by atoms with Crippen molar-refractivity contribution in [1.29, 1.82) is 0 Å². The Morgan fingerprint density at radius 3 is 2.84 bits per heavy atom. The number of carbonyl (C=O) groups is 1. The molecule has 2 bridgehead atoms. The molecular weight excluding hydrogens is 236 g/mol. The molecule has 0 spiro atoms. The van der Waals surface area contributed by atoms with Gasteiger partial charge in [-0.3, -0.25) is 9.69 Å². The fourth-order valence-electron chi connectivity index (χ4n) is 3.84. The molecule has 2 aliphatic heterocycles. The van der Waals surface area contributed by atoms with Crippen LogP contribution in [0.4, 0.5) is 0 Å². The Balaban J connectivity index is 1.83. The summed E-state index contributed by atoms with van der Waals surface area (Å²) in [6, 6.07) is 11.2. The third kappa shape index (κ3) is 2.39. The molecule has 1 aromatic rings. The minimum atomic E-state index is -0.0788. The fraction of sp³-hybridized carbons (Fsp3) is 0.562. The zero-order chi connectivity index (χ0) is 13.3. The number of fused-ring (bicyclic) bond motifs is 2. The van der Waals surface area contributed by atoms with Crippen LogP contribution in [0.3, 0.4) is 0 Å². The monoisotopic (exact) mass is 258 g/mol. The zero-order valence-electron chi connectivity index (χ0n) is 11.6. The van der Waals surface area contributed by atoms with Crippen molar-refractivity contribution in [1.82, 2.24) is 10.2 Å². The Hall–Kier alpha value is -1.35. The first kappa shape index (κ1) is 12.7. The lowest BCUT2D eigenvalue weighted by Crippen LogP contribution is -2.60. The topological polar surface area (TPSA) is 32.3 Å². The molecule has 0 aromatic heterocycles. The third-order valence-corrected chi connectivity index (χ3v) is 4.61.